The average Bonchev–Trinajstić information content (AvgIpc) is 3.13. The van der Waals surface area contributed by atoms with Crippen LogP contribution in [0.1, 0.15) is 61.3 Å². The summed E-state index contributed by atoms with van der Waals surface area (Å²) in [4.78, 5) is 14.1. The molecule has 0 amide bonds. The van der Waals surface area contributed by atoms with Gasteiger partial charge in [-0.1, -0.05) is 18.9 Å². The van der Waals surface area contributed by atoms with Gasteiger partial charge < -0.3 is 20.9 Å². The molecule has 10 heteroatoms. The fourth-order valence-corrected chi connectivity index (χ4v) is 5.09. The number of benzene rings is 1. The van der Waals surface area contributed by atoms with E-state index >= 15 is 0 Å². The monoisotopic (exact) mass is 442 g/mol. The zero-order valence-electron chi connectivity index (χ0n) is 17.4. The molecular formula is C21H30BF3N2O4. The number of nitrogens with zero attached hydrogens (tertiary/aromatic N) is 1. The van der Waals surface area contributed by atoms with Gasteiger partial charge in [0.1, 0.15) is 5.54 Å². The Labute approximate surface area is 180 Å². The fraction of sp³-hybridized carbons (Fsp3) is 0.667. The third-order valence-corrected chi connectivity index (χ3v) is 6.92. The second-order valence-corrected chi connectivity index (χ2v) is 8.85. The second-order valence-electron chi connectivity index (χ2n) is 8.85. The first kappa shape index (κ1) is 24.0. The maximum Gasteiger partial charge on any atom is 0.451 e. The molecular weight excluding hydrogens is 412 g/mol. The quantitative estimate of drug-likeness (QED) is 0.365. The number of carboxylic acids is 1. The Balaban J connectivity index is 1.64. The number of hydrogen-bond donors (Lipinski definition) is 4. The molecule has 0 spiro atoms. The Morgan fingerprint density at radius 2 is 1.84 bits per heavy atom. The van der Waals surface area contributed by atoms with Crippen LogP contribution >= 0.6 is 0 Å². The van der Waals surface area contributed by atoms with Crippen molar-refractivity contribution in [1.29, 1.82) is 0 Å². The normalized spacial score (nSPS) is 22.2. The van der Waals surface area contributed by atoms with Crippen LogP contribution in [0.3, 0.4) is 0 Å². The number of piperidine rings is 1. The first-order chi connectivity index (χ1) is 14.5. The third-order valence-electron chi connectivity index (χ3n) is 6.92. The topological polar surface area (TPSA) is 107 Å². The fourth-order valence-electron chi connectivity index (χ4n) is 5.09. The average molecular weight is 442 g/mol. The molecule has 0 saturated carbocycles. The maximum absolute atomic E-state index is 13.1. The zero-order chi connectivity index (χ0) is 22.8. The van der Waals surface area contributed by atoms with Crippen LogP contribution in [0.2, 0.25) is 6.32 Å². The summed E-state index contributed by atoms with van der Waals surface area (Å²) in [6, 6.07) is 3.89. The van der Waals surface area contributed by atoms with Crippen LogP contribution in [0, 0.1) is 5.92 Å². The molecule has 0 radical (unpaired) electrons. The summed E-state index contributed by atoms with van der Waals surface area (Å²) in [5.41, 5.74) is 5.97. The predicted molar refractivity (Wildman–Crippen MR) is 110 cm³/mol. The van der Waals surface area contributed by atoms with Crippen LogP contribution in [-0.2, 0) is 17.4 Å². The molecule has 2 atom stereocenters. The Kier molecular flexibility index (Phi) is 7.35. The molecule has 1 fully saturated rings. The number of unbranched alkanes of at least 4 members (excludes halogenated alkanes) is 1. The molecule has 5 N–H and O–H groups in total. The molecule has 1 heterocycles. The van der Waals surface area contributed by atoms with Gasteiger partial charge in [0.05, 0.1) is 5.56 Å². The van der Waals surface area contributed by atoms with Crippen molar-refractivity contribution in [3.05, 3.63) is 34.9 Å². The predicted octanol–water partition coefficient (Wildman–Crippen LogP) is 2.83. The lowest BCUT2D eigenvalue weighted by Gasteiger charge is -2.42. The first-order valence-electron chi connectivity index (χ1n) is 10.8. The molecule has 2 aliphatic rings. The van der Waals surface area contributed by atoms with Gasteiger partial charge in [-0.2, -0.15) is 13.2 Å². The van der Waals surface area contributed by atoms with Gasteiger partial charge in [-0.25, -0.2) is 0 Å². The van der Waals surface area contributed by atoms with Gasteiger partial charge >= 0.3 is 19.3 Å². The van der Waals surface area contributed by atoms with Gasteiger partial charge in [0.2, 0.25) is 0 Å². The van der Waals surface area contributed by atoms with Crippen LogP contribution in [-0.4, -0.2) is 51.8 Å². The van der Waals surface area contributed by atoms with Crippen molar-refractivity contribution in [2.75, 3.05) is 13.1 Å². The van der Waals surface area contributed by atoms with Gasteiger partial charge in [-0.3, -0.25) is 9.69 Å². The van der Waals surface area contributed by atoms with E-state index in [1.165, 1.54) is 6.07 Å². The highest BCUT2D eigenvalue weighted by Gasteiger charge is 2.44. The van der Waals surface area contributed by atoms with E-state index in [9.17, 15) is 23.1 Å². The van der Waals surface area contributed by atoms with Crippen LogP contribution in [0.25, 0.3) is 0 Å². The number of fused-ring (bicyclic) bond motifs is 1. The van der Waals surface area contributed by atoms with E-state index in [4.69, 9.17) is 15.8 Å². The van der Waals surface area contributed by atoms with Gasteiger partial charge in [0, 0.05) is 6.04 Å². The molecule has 1 aromatic rings. The number of rotatable bonds is 8. The summed E-state index contributed by atoms with van der Waals surface area (Å²) < 4.78 is 39.4. The van der Waals surface area contributed by atoms with E-state index in [2.05, 4.69) is 4.90 Å². The maximum atomic E-state index is 13.1. The minimum absolute atomic E-state index is 0.0821. The van der Waals surface area contributed by atoms with E-state index in [-0.39, 0.29) is 24.7 Å². The highest BCUT2D eigenvalue weighted by molar-refractivity contribution is 6.40. The van der Waals surface area contributed by atoms with Gasteiger partial charge in [0.15, 0.2) is 0 Å². The summed E-state index contributed by atoms with van der Waals surface area (Å²) in [7, 11) is -1.41. The van der Waals surface area contributed by atoms with Crippen LogP contribution in [0.4, 0.5) is 13.2 Å². The standard InChI is InChI=1S/C21H30BF3N2O4/c23-21(24,25)16-5-3-14-4-6-18(17(14)13-16)27-11-7-15(8-12-27)20(26,19(28)29)9-1-2-10-22(30)31/h3,5,13,15,18,30-31H,1-2,4,6-12,26H2,(H,28,29)/t18?,20-/m1/s1. The summed E-state index contributed by atoms with van der Waals surface area (Å²) in [6.07, 6.45) is -0.355. The minimum atomic E-state index is -4.37. The van der Waals surface area contributed by atoms with Crippen molar-refractivity contribution in [1.82, 2.24) is 4.90 Å². The van der Waals surface area contributed by atoms with Crippen molar-refractivity contribution >= 4 is 13.1 Å². The van der Waals surface area contributed by atoms with Gasteiger partial charge in [-0.05, 0) is 80.7 Å². The van der Waals surface area contributed by atoms with Crippen molar-refractivity contribution in [2.24, 2.45) is 11.7 Å². The van der Waals surface area contributed by atoms with Crippen LogP contribution < -0.4 is 5.73 Å². The van der Waals surface area contributed by atoms with Crippen molar-refractivity contribution in [3.8, 4) is 0 Å². The van der Waals surface area contributed by atoms with E-state index in [0.717, 1.165) is 30.0 Å². The Morgan fingerprint density at radius 3 is 2.42 bits per heavy atom. The van der Waals surface area contributed by atoms with Crippen LogP contribution in [0.5, 0.6) is 0 Å². The first-order valence-corrected chi connectivity index (χ1v) is 10.8. The minimum Gasteiger partial charge on any atom is -0.480 e. The molecule has 6 nitrogen and oxygen atoms in total. The van der Waals surface area contributed by atoms with E-state index in [0.29, 0.717) is 38.8 Å². The number of likely N-dealkylation sites (tertiary alicyclic amines) is 1. The molecule has 1 aliphatic heterocycles. The van der Waals surface area contributed by atoms with Crippen molar-refractivity contribution in [2.45, 2.75) is 69.0 Å². The SMILES string of the molecule is N[C@@](CCCCB(O)O)(C(=O)O)C1CCN(C2CCc3ccc(C(F)(F)F)cc32)CC1. The lowest BCUT2D eigenvalue weighted by atomic mass is 9.74. The highest BCUT2D eigenvalue weighted by Crippen LogP contribution is 2.42. The molecule has 0 bridgehead atoms. The van der Waals surface area contributed by atoms with E-state index < -0.39 is 30.4 Å². The number of halogens is 3. The van der Waals surface area contributed by atoms with Crippen molar-refractivity contribution in [3.63, 3.8) is 0 Å². The molecule has 0 aromatic heterocycles. The molecule has 3 rings (SSSR count). The zero-order valence-corrected chi connectivity index (χ0v) is 17.4. The molecule has 1 aromatic carbocycles. The largest absolute Gasteiger partial charge is 0.480 e. The molecule has 1 unspecified atom stereocenters. The number of aryl methyl sites for hydroxylation is 1. The number of nitrogens with two attached hydrogens (primary N) is 1. The highest BCUT2D eigenvalue weighted by atomic mass is 19.4. The second kappa shape index (κ2) is 9.48. The molecule has 1 aliphatic carbocycles. The molecule has 1 saturated heterocycles. The lowest BCUT2D eigenvalue weighted by molar-refractivity contribution is -0.147. The Hall–Kier alpha value is -1.62. The smallest absolute Gasteiger partial charge is 0.451 e. The number of alkyl halides is 3. The number of carboxylic acid groups (broad SMARTS) is 1. The van der Waals surface area contributed by atoms with Gasteiger partial charge in [0.25, 0.3) is 0 Å². The Bertz CT molecular complexity index is 784. The third kappa shape index (κ3) is 5.42. The van der Waals surface area contributed by atoms with Crippen LogP contribution in [0.15, 0.2) is 18.2 Å². The lowest BCUT2D eigenvalue weighted by Crippen LogP contribution is -2.57. The summed E-state index contributed by atoms with van der Waals surface area (Å²) in [6.45, 7) is 1.18. The summed E-state index contributed by atoms with van der Waals surface area (Å²) in [5.74, 6) is -1.29. The van der Waals surface area contributed by atoms with Crippen molar-refractivity contribution < 1.29 is 33.1 Å². The summed E-state index contributed by atoms with van der Waals surface area (Å²) >= 11 is 0. The number of carbonyl (C=O) groups is 1. The Morgan fingerprint density at radius 1 is 1.16 bits per heavy atom. The number of aliphatic carboxylic acids is 1. The summed E-state index contributed by atoms with van der Waals surface area (Å²) in [5, 5.41) is 27.7. The molecule has 172 valence electrons. The van der Waals surface area contributed by atoms with Gasteiger partial charge in [-0.15, -0.1) is 0 Å². The van der Waals surface area contributed by atoms with E-state index in [1.807, 2.05) is 0 Å². The molecule has 31 heavy (non-hydrogen) atoms. The van der Waals surface area contributed by atoms with E-state index in [1.54, 1.807) is 6.07 Å². The number of hydrogen-bond acceptors (Lipinski definition) is 5.